The Bertz CT molecular complexity index is 1690. The molecule has 43 heavy (non-hydrogen) atoms. The van der Waals surface area contributed by atoms with Crippen molar-refractivity contribution < 1.29 is 23.5 Å². The van der Waals surface area contributed by atoms with Crippen LogP contribution in [0.3, 0.4) is 0 Å². The summed E-state index contributed by atoms with van der Waals surface area (Å²) in [5.41, 5.74) is 2.48. The van der Waals surface area contributed by atoms with E-state index in [0.29, 0.717) is 83.5 Å². The number of hydrogen-bond donors (Lipinski definition) is 2. The standard InChI is InChI=1S/C30H33FN6O5S/c1-18(38)34-27-11-22(29-35-20(12-31)17-43-29)24(13-33-27)19-4-5-26-23(10-19)28(39)25(30(40)36-8-6-32-7-9-36)14-37(26)21(15-41-2)16-42-3/h4-5,10-11,13-14,17,21,32H,6-9,12,15-16H2,1-3H3,(H,33,34,38). The lowest BCUT2D eigenvalue weighted by atomic mass is 9.98. The molecule has 1 aliphatic heterocycles. The second kappa shape index (κ2) is 13.5. The zero-order valence-electron chi connectivity index (χ0n) is 24.2. The number of methoxy groups -OCH3 is 2. The van der Waals surface area contributed by atoms with E-state index < -0.39 is 6.67 Å². The molecule has 1 aliphatic rings. The second-order valence-corrected chi connectivity index (χ2v) is 11.0. The highest BCUT2D eigenvalue weighted by Gasteiger charge is 2.25. The second-order valence-electron chi connectivity index (χ2n) is 10.2. The van der Waals surface area contributed by atoms with Crippen LogP contribution < -0.4 is 16.1 Å². The highest BCUT2D eigenvalue weighted by atomic mass is 32.1. The molecule has 11 nitrogen and oxygen atoms in total. The number of ether oxygens (including phenoxy) is 2. The maximum absolute atomic E-state index is 14.0. The van der Waals surface area contributed by atoms with Crippen molar-refractivity contribution in [2.75, 3.05) is 58.9 Å². The summed E-state index contributed by atoms with van der Waals surface area (Å²) < 4.78 is 26.2. The van der Waals surface area contributed by atoms with Gasteiger partial charge in [-0.1, -0.05) is 6.07 Å². The Labute approximate surface area is 251 Å². The van der Waals surface area contributed by atoms with E-state index in [2.05, 4.69) is 20.6 Å². The van der Waals surface area contributed by atoms with Gasteiger partial charge in [-0.3, -0.25) is 14.4 Å². The number of halogens is 1. The van der Waals surface area contributed by atoms with Crippen molar-refractivity contribution in [2.24, 2.45) is 0 Å². The van der Waals surface area contributed by atoms with Gasteiger partial charge in [-0.05, 0) is 23.8 Å². The van der Waals surface area contributed by atoms with E-state index in [4.69, 9.17) is 9.47 Å². The number of nitrogens with one attached hydrogen (secondary N) is 2. The molecular formula is C30H33FN6O5S. The fraction of sp³-hybridized carbons (Fsp3) is 0.367. The summed E-state index contributed by atoms with van der Waals surface area (Å²) in [7, 11) is 3.18. The molecule has 1 fully saturated rings. The molecule has 13 heteroatoms. The van der Waals surface area contributed by atoms with Gasteiger partial charge in [0, 0.05) is 81.6 Å². The largest absolute Gasteiger partial charge is 0.382 e. The van der Waals surface area contributed by atoms with Crippen molar-refractivity contribution in [3.63, 3.8) is 0 Å². The lowest BCUT2D eigenvalue weighted by molar-refractivity contribution is -0.114. The van der Waals surface area contributed by atoms with E-state index in [1.807, 2.05) is 16.7 Å². The molecule has 4 heterocycles. The topological polar surface area (TPSA) is 128 Å². The summed E-state index contributed by atoms with van der Waals surface area (Å²) in [6.07, 6.45) is 3.20. The SMILES string of the molecule is COCC(COC)n1cc(C(=O)N2CCNCC2)c(=O)c2cc(-c3cnc(NC(C)=O)cc3-c3nc(CF)cs3)ccc21. The molecule has 1 saturated heterocycles. The van der Waals surface area contributed by atoms with Crippen molar-refractivity contribution in [1.82, 2.24) is 24.8 Å². The van der Waals surface area contributed by atoms with E-state index in [1.165, 1.54) is 18.3 Å². The summed E-state index contributed by atoms with van der Waals surface area (Å²) in [5.74, 6) is -0.300. The van der Waals surface area contributed by atoms with Crippen LogP contribution in [0.1, 0.15) is 29.0 Å². The number of nitrogens with zero attached hydrogens (tertiary/aromatic N) is 4. The number of anilines is 1. The number of benzene rings is 1. The summed E-state index contributed by atoms with van der Waals surface area (Å²) in [4.78, 5) is 49.9. The average molecular weight is 609 g/mol. The monoisotopic (exact) mass is 608 g/mol. The molecule has 226 valence electrons. The van der Waals surface area contributed by atoms with Gasteiger partial charge in [-0.25, -0.2) is 14.4 Å². The van der Waals surface area contributed by atoms with Crippen LogP contribution >= 0.6 is 11.3 Å². The first-order valence-electron chi connectivity index (χ1n) is 13.8. The number of rotatable bonds is 10. The van der Waals surface area contributed by atoms with Gasteiger partial charge in [0.1, 0.15) is 23.1 Å². The van der Waals surface area contributed by atoms with E-state index in [-0.39, 0.29) is 28.8 Å². The maximum Gasteiger partial charge on any atom is 0.259 e. The quantitative estimate of drug-likeness (QED) is 0.280. The highest BCUT2D eigenvalue weighted by Crippen LogP contribution is 2.36. The van der Waals surface area contributed by atoms with Crippen molar-refractivity contribution >= 4 is 39.9 Å². The van der Waals surface area contributed by atoms with E-state index in [0.717, 1.165) is 0 Å². The number of aromatic nitrogens is 3. The Morgan fingerprint density at radius 3 is 2.53 bits per heavy atom. The number of carbonyl (C=O) groups is 2. The summed E-state index contributed by atoms with van der Waals surface area (Å²) >= 11 is 1.27. The molecule has 0 spiro atoms. The summed E-state index contributed by atoms with van der Waals surface area (Å²) in [6, 6.07) is 6.79. The van der Waals surface area contributed by atoms with Crippen LogP contribution in [-0.4, -0.2) is 84.9 Å². The third-order valence-corrected chi connectivity index (χ3v) is 8.14. The van der Waals surface area contributed by atoms with E-state index in [1.54, 1.807) is 49.0 Å². The molecule has 0 radical (unpaired) electrons. The average Bonchev–Trinajstić information content (AvgIpc) is 3.50. The van der Waals surface area contributed by atoms with Gasteiger partial charge in [0.15, 0.2) is 0 Å². The lowest BCUT2D eigenvalue weighted by Crippen LogP contribution is -2.47. The molecule has 1 aromatic carbocycles. The molecule has 3 aromatic heterocycles. The number of carbonyl (C=O) groups excluding carboxylic acids is 2. The van der Waals surface area contributed by atoms with Gasteiger partial charge in [0.2, 0.25) is 11.3 Å². The molecule has 2 N–H and O–H groups in total. The number of fused-ring (bicyclic) bond motifs is 1. The van der Waals surface area contributed by atoms with Gasteiger partial charge >= 0.3 is 0 Å². The molecule has 0 atom stereocenters. The molecule has 0 aliphatic carbocycles. The first-order valence-corrected chi connectivity index (χ1v) is 14.7. The maximum atomic E-state index is 14.0. The summed E-state index contributed by atoms with van der Waals surface area (Å²) in [6.45, 7) is 3.58. The Kier molecular flexibility index (Phi) is 9.56. The molecule has 2 amide bonds. The third kappa shape index (κ3) is 6.49. The van der Waals surface area contributed by atoms with Crippen LogP contribution in [0.5, 0.6) is 0 Å². The lowest BCUT2D eigenvalue weighted by Gasteiger charge is -2.28. The van der Waals surface area contributed by atoms with Gasteiger partial charge in [-0.15, -0.1) is 11.3 Å². The predicted octanol–water partition coefficient (Wildman–Crippen LogP) is 3.49. The van der Waals surface area contributed by atoms with Crippen LogP contribution in [0.15, 0.2) is 46.8 Å². The van der Waals surface area contributed by atoms with Gasteiger partial charge in [0.25, 0.3) is 5.91 Å². The minimum Gasteiger partial charge on any atom is -0.382 e. The Balaban J connectivity index is 1.71. The van der Waals surface area contributed by atoms with Gasteiger partial charge in [0.05, 0.1) is 30.5 Å². The fourth-order valence-corrected chi connectivity index (χ4v) is 6.04. The minimum absolute atomic E-state index is 0.0654. The number of thiazole rings is 1. The molecular weight excluding hydrogens is 575 g/mol. The number of piperazine rings is 1. The molecule has 0 bridgehead atoms. The van der Waals surface area contributed by atoms with Crippen LogP contribution in [0, 0.1) is 0 Å². The molecule has 4 aromatic rings. The van der Waals surface area contributed by atoms with Gasteiger partial charge in [-0.2, -0.15) is 0 Å². The number of pyridine rings is 2. The molecule has 0 saturated carbocycles. The Morgan fingerprint density at radius 2 is 1.88 bits per heavy atom. The predicted molar refractivity (Wildman–Crippen MR) is 163 cm³/mol. The van der Waals surface area contributed by atoms with Crippen LogP contribution in [-0.2, 0) is 20.9 Å². The van der Waals surface area contributed by atoms with Gasteiger partial charge < -0.3 is 29.6 Å². The number of hydrogen-bond acceptors (Lipinski definition) is 9. The van der Waals surface area contributed by atoms with Crippen LogP contribution in [0.4, 0.5) is 10.2 Å². The van der Waals surface area contributed by atoms with Crippen LogP contribution in [0.2, 0.25) is 0 Å². The van der Waals surface area contributed by atoms with E-state index >= 15 is 0 Å². The first kappa shape index (κ1) is 30.4. The Morgan fingerprint density at radius 1 is 1.14 bits per heavy atom. The van der Waals surface area contributed by atoms with Crippen LogP contribution in [0.25, 0.3) is 32.6 Å². The smallest absolute Gasteiger partial charge is 0.259 e. The fourth-order valence-electron chi connectivity index (χ4n) is 5.21. The minimum atomic E-state index is -0.709. The molecule has 5 rings (SSSR count). The highest BCUT2D eigenvalue weighted by molar-refractivity contribution is 7.13. The third-order valence-electron chi connectivity index (χ3n) is 7.22. The zero-order chi connectivity index (χ0) is 30.5. The van der Waals surface area contributed by atoms with Crippen molar-refractivity contribution in [2.45, 2.75) is 19.6 Å². The van der Waals surface area contributed by atoms with Crippen molar-refractivity contribution in [1.29, 1.82) is 0 Å². The number of alkyl halides is 1. The van der Waals surface area contributed by atoms with Crippen molar-refractivity contribution in [3.8, 4) is 21.7 Å². The number of amides is 2. The first-order chi connectivity index (χ1) is 20.8. The summed E-state index contributed by atoms with van der Waals surface area (Å²) in [5, 5.41) is 8.42. The Hall–Kier alpha value is -4.04. The van der Waals surface area contributed by atoms with Crippen molar-refractivity contribution in [3.05, 3.63) is 63.5 Å². The normalized spacial score (nSPS) is 13.6. The molecule has 0 unspecified atom stereocenters. The van der Waals surface area contributed by atoms with E-state index in [9.17, 15) is 18.8 Å². The zero-order valence-corrected chi connectivity index (χ0v) is 25.0.